The first-order valence-electron chi connectivity index (χ1n) is 7.80. The molecule has 0 bridgehead atoms. The predicted molar refractivity (Wildman–Crippen MR) is 82.4 cm³/mol. The van der Waals surface area contributed by atoms with Crippen molar-refractivity contribution in [3.05, 3.63) is 0 Å². The summed E-state index contributed by atoms with van der Waals surface area (Å²) < 4.78 is 5.32. The van der Waals surface area contributed by atoms with Crippen LogP contribution in [0.2, 0.25) is 0 Å². The first-order chi connectivity index (χ1) is 9.95. The Bertz CT molecular complexity index is 295. The fourth-order valence-corrected chi connectivity index (χ4v) is 2.08. The van der Waals surface area contributed by atoms with E-state index in [4.69, 9.17) is 9.84 Å². The van der Waals surface area contributed by atoms with E-state index in [0.29, 0.717) is 32.0 Å². The van der Waals surface area contributed by atoms with Gasteiger partial charge in [-0.2, -0.15) is 0 Å². The van der Waals surface area contributed by atoms with Gasteiger partial charge in [0.25, 0.3) is 0 Å². The molecule has 3 N–H and O–H groups in total. The molecular weight excluding hydrogens is 272 g/mol. The molecule has 0 aromatic heterocycles. The average molecular weight is 302 g/mol. The second-order valence-corrected chi connectivity index (χ2v) is 5.48. The van der Waals surface area contributed by atoms with Gasteiger partial charge in [-0.3, -0.25) is 4.79 Å². The molecule has 0 saturated carbocycles. The van der Waals surface area contributed by atoms with E-state index in [1.54, 1.807) is 0 Å². The maximum absolute atomic E-state index is 11.5. The summed E-state index contributed by atoms with van der Waals surface area (Å²) in [7, 11) is 0. The van der Waals surface area contributed by atoms with Gasteiger partial charge in [-0.05, 0) is 32.6 Å². The summed E-state index contributed by atoms with van der Waals surface area (Å²) in [6.45, 7) is 7.55. The van der Waals surface area contributed by atoms with E-state index in [-0.39, 0.29) is 18.6 Å². The summed E-state index contributed by atoms with van der Waals surface area (Å²) in [6, 6.07) is -0.198. The number of ether oxygens (including phenoxy) is 1. The zero-order chi connectivity index (χ0) is 16.1. The molecule has 0 rings (SSSR count). The second kappa shape index (κ2) is 12.4. The van der Waals surface area contributed by atoms with Crippen LogP contribution in [0.3, 0.4) is 0 Å². The minimum atomic E-state index is -0.757. The molecule has 0 aromatic rings. The van der Waals surface area contributed by atoms with Crippen molar-refractivity contribution >= 4 is 12.0 Å². The minimum absolute atomic E-state index is 0.166. The molecule has 2 amide bonds. The molecule has 0 saturated heterocycles. The van der Waals surface area contributed by atoms with Crippen LogP contribution in [0.1, 0.15) is 52.9 Å². The van der Waals surface area contributed by atoms with Gasteiger partial charge in [0, 0.05) is 19.5 Å². The average Bonchev–Trinajstić information content (AvgIpc) is 2.40. The van der Waals surface area contributed by atoms with Crippen molar-refractivity contribution in [1.82, 2.24) is 10.6 Å². The van der Waals surface area contributed by atoms with Crippen LogP contribution in [-0.2, 0) is 9.53 Å². The van der Waals surface area contributed by atoms with Crippen molar-refractivity contribution < 1.29 is 19.4 Å². The number of urea groups is 1. The van der Waals surface area contributed by atoms with Gasteiger partial charge in [0.2, 0.25) is 0 Å². The number of amides is 2. The third-order valence-electron chi connectivity index (χ3n) is 3.14. The maximum atomic E-state index is 11.5. The van der Waals surface area contributed by atoms with Crippen LogP contribution in [0.25, 0.3) is 0 Å². The zero-order valence-electron chi connectivity index (χ0n) is 13.5. The molecular formula is C15H30N2O4. The highest BCUT2D eigenvalue weighted by atomic mass is 16.5. The number of rotatable bonds is 12. The molecule has 0 fully saturated rings. The van der Waals surface area contributed by atoms with Crippen LogP contribution >= 0.6 is 0 Å². The second-order valence-electron chi connectivity index (χ2n) is 5.48. The molecule has 0 aromatic carbocycles. The fourth-order valence-electron chi connectivity index (χ4n) is 2.08. The van der Waals surface area contributed by atoms with Crippen molar-refractivity contribution in [2.75, 3.05) is 19.7 Å². The largest absolute Gasteiger partial charge is 0.481 e. The molecule has 124 valence electrons. The fraction of sp³-hybridized carbons (Fsp3) is 0.867. The molecule has 1 atom stereocenters. The molecule has 21 heavy (non-hydrogen) atoms. The van der Waals surface area contributed by atoms with Gasteiger partial charge in [0.05, 0.1) is 12.7 Å². The van der Waals surface area contributed by atoms with E-state index in [0.717, 1.165) is 19.3 Å². The van der Waals surface area contributed by atoms with Gasteiger partial charge >= 0.3 is 12.0 Å². The Kier molecular flexibility index (Phi) is 11.7. The quantitative estimate of drug-likeness (QED) is 0.483. The number of carboxylic acids is 1. The summed E-state index contributed by atoms with van der Waals surface area (Å²) >= 11 is 0. The number of aliphatic carboxylic acids is 1. The van der Waals surface area contributed by atoms with Crippen molar-refractivity contribution in [2.45, 2.75) is 59.0 Å². The minimum Gasteiger partial charge on any atom is -0.481 e. The van der Waals surface area contributed by atoms with Crippen LogP contribution in [0.4, 0.5) is 4.79 Å². The van der Waals surface area contributed by atoms with Crippen LogP contribution in [0, 0.1) is 5.92 Å². The Morgan fingerprint density at radius 2 is 1.76 bits per heavy atom. The van der Waals surface area contributed by atoms with Gasteiger partial charge in [0.1, 0.15) is 0 Å². The molecule has 6 nitrogen and oxygen atoms in total. The highest BCUT2D eigenvalue weighted by Gasteiger charge is 2.10. The summed E-state index contributed by atoms with van der Waals surface area (Å²) in [5.74, 6) is -0.400. The third-order valence-corrected chi connectivity index (χ3v) is 3.14. The van der Waals surface area contributed by atoms with Crippen LogP contribution in [0.5, 0.6) is 0 Å². The molecule has 0 aliphatic rings. The highest BCUT2D eigenvalue weighted by molar-refractivity contribution is 5.73. The van der Waals surface area contributed by atoms with E-state index < -0.39 is 5.97 Å². The number of nitrogens with one attached hydrogen (secondary N) is 2. The Balaban J connectivity index is 3.71. The Morgan fingerprint density at radius 1 is 1.10 bits per heavy atom. The van der Waals surface area contributed by atoms with E-state index in [9.17, 15) is 9.59 Å². The summed E-state index contributed by atoms with van der Waals surface area (Å²) in [5.41, 5.74) is 0. The summed E-state index contributed by atoms with van der Waals surface area (Å²) in [6.07, 6.45) is 3.88. The van der Waals surface area contributed by atoms with Gasteiger partial charge in [-0.15, -0.1) is 0 Å². The zero-order valence-corrected chi connectivity index (χ0v) is 13.5. The Labute approximate surface area is 127 Å². The lowest BCUT2D eigenvalue weighted by molar-refractivity contribution is -0.137. The molecule has 1 unspecified atom stereocenters. The van der Waals surface area contributed by atoms with E-state index in [1.807, 2.05) is 13.8 Å². The van der Waals surface area contributed by atoms with Crippen LogP contribution in [0.15, 0.2) is 0 Å². The standard InChI is InChI=1S/C15H30N2O4/c1-4-5-13(6-7-14(18)19)8-9-16-15(20)17-10-11-21-12(2)3/h12-13H,4-11H2,1-3H3,(H,18,19)(H2,16,17,20). The number of carboxylic acid groups (broad SMARTS) is 1. The van der Waals surface area contributed by atoms with E-state index in [1.165, 1.54) is 0 Å². The molecule has 6 heteroatoms. The summed E-state index contributed by atoms with van der Waals surface area (Å²) in [4.78, 5) is 22.1. The molecule has 0 aliphatic heterocycles. The lowest BCUT2D eigenvalue weighted by Gasteiger charge is -2.15. The molecule has 0 aliphatic carbocycles. The Hall–Kier alpha value is -1.30. The van der Waals surface area contributed by atoms with Crippen molar-refractivity contribution in [3.63, 3.8) is 0 Å². The smallest absolute Gasteiger partial charge is 0.314 e. The predicted octanol–water partition coefficient (Wildman–Crippen LogP) is 2.38. The molecule has 0 heterocycles. The monoisotopic (exact) mass is 302 g/mol. The third kappa shape index (κ3) is 13.4. The topological polar surface area (TPSA) is 87.7 Å². The first kappa shape index (κ1) is 19.7. The summed E-state index contributed by atoms with van der Waals surface area (Å²) in [5, 5.41) is 14.2. The van der Waals surface area contributed by atoms with Crippen molar-refractivity contribution in [3.8, 4) is 0 Å². The van der Waals surface area contributed by atoms with Crippen molar-refractivity contribution in [1.29, 1.82) is 0 Å². The van der Waals surface area contributed by atoms with E-state index >= 15 is 0 Å². The lowest BCUT2D eigenvalue weighted by Crippen LogP contribution is -2.38. The Morgan fingerprint density at radius 3 is 2.33 bits per heavy atom. The van der Waals surface area contributed by atoms with Gasteiger partial charge in [-0.25, -0.2) is 4.79 Å². The lowest BCUT2D eigenvalue weighted by atomic mass is 9.94. The van der Waals surface area contributed by atoms with Crippen molar-refractivity contribution in [2.24, 2.45) is 5.92 Å². The van der Waals surface area contributed by atoms with Crippen LogP contribution in [-0.4, -0.2) is 42.9 Å². The number of carbonyl (C=O) groups excluding carboxylic acids is 1. The number of carbonyl (C=O) groups is 2. The van der Waals surface area contributed by atoms with Gasteiger partial charge in [0.15, 0.2) is 0 Å². The van der Waals surface area contributed by atoms with Crippen LogP contribution < -0.4 is 10.6 Å². The first-order valence-corrected chi connectivity index (χ1v) is 7.80. The molecule has 0 radical (unpaired) electrons. The van der Waals surface area contributed by atoms with Gasteiger partial charge in [-0.1, -0.05) is 19.8 Å². The molecule has 0 spiro atoms. The maximum Gasteiger partial charge on any atom is 0.314 e. The van der Waals surface area contributed by atoms with Gasteiger partial charge < -0.3 is 20.5 Å². The normalized spacial score (nSPS) is 12.2. The number of hydrogen-bond acceptors (Lipinski definition) is 3. The highest BCUT2D eigenvalue weighted by Crippen LogP contribution is 2.16. The number of hydrogen-bond donors (Lipinski definition) is 3. The van der Waals surface area contributed by atoms with E-state index in [2.05, 4.69) is 17.6 Å². The SMILES string of the molecule is CCCC(CCNC(=O)NCCOC(C)C)CCC(=O)O.